The number of benzene rings is 2. The molecule has 8 nitrogen and oxygen atoms in total. The van der Waals surface area contributed by atoms with Crippen molar-refractivity contribution >= 4 is 34.4 Å². The molecule has 180 valence electrons. The highest BCUT2D eigenvalue weighted by molar-refractivity contribution is 7.15. The number of amides is 2. The largest absolute Gasteiger partial charge is 0.480 e. The van der Waals surface area contributed by atoms with Gasteiger partial charge in [0.2, 0.25) is 5.91 Å². The summed E-state index contributed by atoms with van der Waals surface area (Å²) in [5.41, 5.74) is 4.62. The van der Waals surface area contributed by atoms with Gasteiger partial charge in [-0.05, 0) is 41.5 Å². The molecule has 2 N–H and O–H groups in total. The molecule has 1 saturated heterocycles. The highest BCUT2D eigenvalue weighted by atomic mass is 32.1. The third kappa shape index (κ3) is 4.77. The second-order valence-corrected chi connectivity index (χ2v) is 9.78. The maximum Gasteiger partial charge on any atom is 0.413 e. The SMILES string of the molecule is O=C(Nc1ncc(CCC(=O)N2CCC[C@H]2C(=O)O)s1)OCC1c2ccccc2-c2ccccc21. The number of nitrogens with one attached hydrogen (secondary N) is 1. The molecule has 2 heterocycles. The lowest BCUT2D eigenvalue weighted by atomic mass is 9.98. The number of carbonyl (C=O) groups is 3. The number of ether oxygens (including phenoxy) is 1. The number of aryl methyl sites for hydroxylation is 1. The third-order valence-electron chi connectivity index (χ3n) is 6.55. The van der Waals surface area contributed by atoms with Gasteiger partial charge < -0.3 is 14.7 Å². The van der Waals surface area contributed by atoms with Crippen molar-refractivity contribution in [2.24, 2.45) is 0 Å². The number of carboxylic acid groups (broad SMARTS) is 1. The van der Waals surface area contributed by atoms with Gasteiger partial charge in [0.1, 0.15) is 12.6 Å². The van der Waals surface area contributed by atoms with E-state index < -0.39 is 18.1 Å². The van der Waals surface area contributed by atoms with Gasteiger partial charge in [0.25, 0.3) is 0 Å². The van der Waals surface area contributed by atoms with Gasteiger partial charge in [-0.2, -0.15) is 0 Å². The lowest BCUT2D eigenvalue weighted by Crippen LogP contribution is -2.40. The average molecular weight is 492 g/mol. The molecule has 1 atom stereocenters. The minimum absolute atomic E-state index is 0.0220. The number of nitrogens with zero attached hydrogens (tertiary/aromatic N) is 2. The molecule has 1 aromatic heterocycles. The van der Waals surface area contributed by atoms with Crippen molar-refractivity contribution in [3.63, 3.8) is 0 Å². The van der Waals surface area contributed by atoms with Gasteiger partial charge in [-0.1, -0.05) is 48.5 Å². The maximum atomic E-state index is 12.5. The quantitative estimate of drug-likeness (QED) is 0.503. The first-order valence-corrected chi connectivity index (χ1v) is 12.4. The molecule has 1 aliphatic carbocycles. The van der Waals surface area contributed by atoms with Crippen LogP contribution in [0, 0.1) is 0 Å². The zero-order valence-electron chi connectivity index (χ0n) is 19.0. The molecule has 1 aliphatic heterocycles. The van der Waals surface area contributed by atoms with Gasteiger partial charge >= 0.3 is 12.1 Å². The Morgan fingerprint density at radius 1 is 1.09 bits per heavy atom. The summed E-state index contributed by atoms with van der Waals surface area (Å²) in [5.74, 6) is -1.15. The van der Waals surface area contributed by atoms with Crippen LogP contribution in [0.4, 0.5) is 9.93 Å². The standard InChI is InChI=1S/C26H25N3O5S/c30-23(29-13-5-10-22(29)24(31)32)12-11-16-14-27-25(35-16)28-26(33)34-15-21-19-8-3-1-6-17(19)18-7-2-4-9-20(18)21/h1-4,6-9,14,21-22H,5,10-13,15H2,(H,31,32)(H,27,28,33)/t22-/m0/s1. The van der Waals surface area contributed by atoms with Crippen molar-refractivity contribution in [3.05, 3.63) is 70.7 Å². The molecule has 0 saturated carbocycles. The number of hydrogen-bond acceptors (Lipinski definition) is 6. The number of fused-ring (bicyclic) bond motifs is 3. The van der Waals surface area contributed by atoms with Gasteiger partial charge in [-0.25, -0.2) is 14.6 Å². The van der Waals surface area contributed by atoms with Crippen LogP contribution >= 0.6 is 11.3 Å². The smallest absolute Gasteiger partial charge is 0.413 e. The number of hydrogen-bond donors (Lipinski definition) is 2. The van der Waals surface area contributed by atoms with E-state index in [0.29, 0.717) is 30.9 Å². The predicted octanol–water partition coefficient (Wildman–Crippen LogP) is 4.51. The Balaban J connectivity index is 1.14. The summed E-state index contributed by atoms with van der Waals surface area (Å²) in [6, 6.07) is 15.6. The average Bonchev–Trinajstić information content (AvgIpc) is 3.59. The van der Waals surface area contributed by atoms with Crippen molar-refractivity contribution in [1.82, 2.24) is 9.88 Å². The van der Waals surface area contributed by atoms with E-state index in [1.54, 1.807) is 6.20 Å². The van der Waals surface area contributed by atoms with Gasteiger partial charge in [0.15, 0.2) is 5.13 Å². The van der Waals surface area contributed by atoms with E-state index >= 15 is 0 Å². The molecule has 5 rings (SSSR count). The van der Waals surface area contributed by atoms with Crippen molar-refractivity contribution in [1.29, 1.82) is 0 Å². The van der Waals surface area contributed by atoms with E-state index in [9.17, 15) is 19.5 Å². The molecule has 0 unspecified atom stereocenters. The van der Waals surface area contributed by atoms with Crippen molar-refractivity contribution in [2.45, 2.75) is 37.6 Å². The first-order chi connectivity index (χ1) is 17.0. The molecule has 3 aromatic rings. The zero-order valence-corrected chi connectivity index (χ0v) is 19.8. The van der Waals surface area contributed by atoms with Crippen LogP contribution in [-0.2, 0) is 20.7 Å². The fourth-order valence-corrected chi connectivity index (χ4v) is 5.70. The fraction of sp³-hybridized carbons (Fsp3) is 0.308. The number of aliphatic carboxylic acids is 1. The Morgan fingerprint density at radius 2 is 1.77 bits per heavy atom. The Bertz CT molecular complexity index is 1230. The number of likely N-dealkylation sites (tertiary alicyclic amines) is 1. The zero-order chi connectivity index (χ0) is 24.4. The molecule has 0 radical (unpaired) electrons. The van der Waals surface area contributed by atoms with E-state index in [1.807, 2.05) is 24.3 Å². The minimum atomic E-state index is -0.955. The maximum absolute atomic E-state index is 12.5. The van der Waals surface area contributed by atoms with E-state index in [1.165, 1.54) is 27.4 Å². The molecule has 0 bridgehead atoms. The van der Waals surface area contributed by atoms with Gasteiger partial charge in [-0.15, -0.1) is 11.3 Å². The molecule has 2 aromatic carbocycles. The van der Waals surface area contributed by atoms with Crippen LogP contribution in [-0.4, -0.2) is 52.2 Å². The molecule has 0 spiro atoms. The minimum Gasteiger partial charge on any atom is -0.480 e. The van der Waals surface area contributed by atoms with Crippen molar-refractivity contribution in [3.8, 4) is 11.1 Å². The van der Waals surface area contributed by atoms with Gasteiger partial charge in [0.05, 0.1) is 0 Å². The summed E-state index contributed by atoms with van der Waals surface area (Å²) >= 11 is 1.28. The first kappa shape index (κ1) is 23.0. The second kappa shape index (κ2) is 9.87. The van der Waals surface area contributed by atoms with Crippen LogP contribution in [0.2, 0.25) is 0 Å². The number of anilines is 1. The normalized spacial score (nSPS) is 16.6. The molecule has 9 heteroatoms. The van der Waals surface area contributed by atoms with E-state index in [2.05, 4.69) is 34.6 Å². The number of rotatable bonds is 7. The van der Waals surface area contributed by atoms with Crippen LogP contribution in [0.5, 0.6) is 0 Å². The third-order valence-corrected chi connectivity index (χ3v) is 7.52. The monoisotopic (exact) mass is 491 g/mol. The predicted molar refractivity (Wildman–Crippen MR) is 131 cm³/mol. The Morgan fingerprint density at radius 3 is 2.46 bits per heavy atom. The molecule has 35 heavy (non-hydrogen) atoms. The highest BCUT2D eigenvalue weighted by Crippen LogP contribution is 2.44. The lowest BCUT2D eigenvalue weighted by Gasteiger charge is -2.21. The molecule has 1 fully saturated rings. The summed E-state index contributed by atoms with van der Waals surface area (Å²) in [5, 5.41) is 12.3. The molecular formula is C26H25N3O5S. The van der Waals surface area contributed by atoms with Crippen LogP contribution in [0.15, 0.2) is 54.7 Å². The van der Waals surface area contributed by atoms with E-state index in [-0.39, 0.29) is 24.9 Å². The summed E-state index contributed by atoms with van der Waals surface area (Å²) in [6.45, 7) is 0.695. The van der Waals surface area contributed by atoms with E-state index in [0.717, 1.165) is 16.0 Å². The van der Waals surface area contributed by atoms with Crippen LogP contribution in [0.25, 0.3) is 11.1 Å². The Kier molecular flexibility index (Phi) is 6.50. The number of carbonyl (C=O) groups excluding carboxylic acids is 2. The summed E-state index contributed by atoms with van der Waals surface area (Å²) < 4.78 is 5.55. The van der Waals surface area contributed by atoms with Crippen LogP contribution in [0.3, 0.4) is 0 Å². The Labute approximate surface area is 206 Å². The summed E-state index contributed by atoms with van der Waals surface area (Å²) in [6.07, 6.45) is 2.88. The van der Waals surface area contributed by atoms with Crippen molar-refractivity contribution in [2.75, 3.05) is 18.5 Å². The van der Waals surface area contributed by atoms with Gasteiger partial charge in [-0.3, -0.25) is 10.1 Å². The fourth-order valence-electron chi connectivity index (χ4n) is 4.90. The summed E-state index contributed by atoms with van der Waals surface area (Å²) in [4.78, 5) is 42.7. The van der Waals surface area contributed by atoms with Crippen LogP contribution < -0.4 is 5.32 Å². The van der Waals surface area contributed by atoms with Gasteiger partial charge in [0, 0.05) is 30.0 Å². The number of aromatic nitrogens is 1. The second-order valence-electron chi connectivity index (χ2n) is 8.67. The summed E-state index contributed by atoms with van der Waals surface area (Å²) in [7, 11) is 0. The molecular weight excluding hydrogens is 466 g/mol. The number of carboxylic acids is 1. The molecule has 2 amide bonds. The van der Waals surface area contributed by atoms with Crippen molar-refractivity contribution < 1.29 is 24.2 Å². The Hall–Kier alpha value is -3.72. The van der Waals surface area contributed by atoms with Crippen LogP contribution in [0.1, 0.15) is 41.2 Å². The number of thiazole rings is 1. The first-order valence-electron chi connectivity index (χ1n) is 11.6. The lowest BCUT2D eigenvalue weighted by molar-refractivity contribution is -0.148. The van der Waals surface area contributed by atoms with E-state index in [4.69, 9.17) is 4.74 Å². The topological polar surface area (TPSA) is 109 Å². The highest BCUT2D eigenvalue weighted by Gasteiger charge is 2.33. The molecule has 2 aliphatic rings.